The number of nitrogens with zero attached hydrogens (tertiary/aromatic N) is 1. The number of nitrogens with one attached hydrogen (secondary N) is 2. The lowest BCUT2D eigenvalue weighted by atomic mass is 9.94. The van der Waals surface area contributed by atoms with Crippen LogP contribution >= 0.6 is 11.6 Å². The molecule has 7 heteroatoms. The van der Waals surface area contributed by atoms with E-state index in [2.05, 4.69) is 10.6 Å². The molecule has 3 rings (SSSR count). The third-order valence-electron chi connectivity index (χ3n) is 5.47. The van der Waals surface area contributed by atoms with E-state index in [1.54, 1.807) is 6.92 Å². The highest BCUT2D eigenvalue weighted by atomic mass is 35.5. The third-order valence-corrected chi connectivity index (χ3v) is 5.84. The molecule has 2 N–H and O–H groups in total. The van der Waals surface area contributed by atoms with Gasteiger partial charge in [0.25, 0.3) is 5.91 Å². The average molecular weight is 392 g/mol. The van der Waals surface area contributed by atoms with E-state index in [4.69, 9.17) is 11.6 Å². The summed E-state index contributed by atoms with van der Waals surface area (Å²) in [5, 5.41) is 6.42. The molecular weight excluding hydrogens is 366 g/mol. The maximum atomic E-state index is 12.8. The molecule has 1 aromatic rings. The van der Waals surface area contributed by atoms with Crippen molar-refractivity contribution in [1.82, 2.24) is 15.5 Å². The van der Waals surface area contributed by atoms with Crippen molar-refractivity contribution in [2.45, 2.75) is 70.0 Å². The van der Waals surface area contributed by atoms with Crippen LogP contribution in [0.4, 0.5) is 4.79 Å². The van der Waals surface area contributed by atoms with Gasteiger partial charge in [-0.1, -0.05) is 42.6 Å². The Labute approximate surface area is 164 Å². The lowest BCUT2D eigenvalue weighted by Gasteiger charge is -2.30. The van der Waals surface area contributed by atoms with Gasteiger partial charge in [0.05, 0.1) is 0 Å². The van der Waals surface area contributed by atoms with Crippen LogP contribution in [-0.2, 0) is 16.0 Å². The van der Waals surface area contributed by atoms with Crippen molar-refractivity contribution in [3.63, 3.8) is 0 Å². The maximum absolute atomic E-state index is 12.8. The number of urea groups is 1. The zero-order valence-corrected chi connectivity index (χ0v) is 16.7. The number of benzene rings is 1. The van der Waals surface area contributed by atoms with Gasteiger partial charge in [0.1, 0.15) is 11.6 Å². The van der Waals surface area contributed by atoms with E-state index in [1.165, 1.54) is 0 Å². The minimum absolute atomic E-state index is 0.281. The second kappa shape index (κ2) is 7.15. The summed E-state index contributed by atoms with van der Waals surface area (Å²) in [4.78, 5) is 39.1. The smallest absolute Gasteiger partial charge is 0.325 e. The zero-order chi connectivity index (χ0) is 19.8. The lowest BCUT2D eigenvalue weighted by molar-refractivity contribution is -0.138. The summed E-state index contributed by atoms with van der Waals surface area (Å²) in [5.74, 6) is -0.637. The van der Waals surface area contributed by atoms with Gasteiger partial charge in [-0.25, -0.2) is 9.69 Å². The van der Waals surface area contributed by atoms with E-state index < -0.39 is 23.2 Å². The summed E-state index contributed by atoms with van der Waals surface area (Å²) >= 11 is 6.22. The van der Waals surface area contributed by atoms with Crippen LogP contribution in [0.15, 0.2) is 24.3 Å². The van der Waals surface area contributed by atoms with E-state index in [0.717, 1.165) is 23.3 Å². The molecular formula is C20H26ClN3O3. The summed E-state index contributed by atoms with van der Waals surface area (Å²) < 4.78 is 0. The van der Waals surface area contributed by atoms with Crippen molar-refractivity contribution in [3.05, 3.63) is 34.9 Å². The summed E-state index contributed by atoms with van der Waals surface area (Å²) in [6.45, 7) is 5.38. The van der Waals surface area contributed by atoms with Crippen molar-refractivity contribution in [3.8, 4) is 0 Å². The molecule has 4 amide bonds. The molecule has 0 radical (unpaired) electrons. The number of imide groups is 1. The molecule has 1 unspecified atom stereocenters. The fraction of sp³-hybridized carbons (Fsp3) is 0.550. The van der Waals surface area contributed by atoms with Crippen LogP contribution < -0.4 is 10.6 Å². The third kappa shape index (κ3) is 3.81. The quantitative estimate of drug-likeness (QED) is 0.757. The molecule has 1 saturated carbocycles. The van der Waals surface area contributed by atoms with Gasteiger partial charge in [-0.15, -0.1) is 0 Å². The Bertz CT molecular complexity index is 771. The summed E-state index contributed by atoms with van der Waals surface area (Å²) in [5.41, 5.74) is -0.462. The zero-order valence-electron chi connectivity index (χ0n) is 16.0. The molecule has 1 aliphatic heterocycles. The van der Waals surface area contributed by atoms with Crippen molar-refractivity contribution >= 4 is 29.4 Å². The molecule has 1 heterocycles. The predicted molar refractivity (Wildman–Crippen MR) is 103 cm³/mol. The van der Waals surface area contributed by atoms with Crippen LogP contribution in [0.25, 0.3) is 0 Å². The molecule has 2 aliphatic rings. The van der Waals surface area contributed by atoms with Gasteiger partial charge in [-0.05, 0) is 51.7 Å². The summed E-state index contributed by atoms with van der Waals surface area (Å²) in [6, 6.07) is 6.13. The van der Waals surface area contributed by atoms with Crippen molar-refractivity contribution < 1.29 is 14.4 Å². The Kier molecular flexibility index (Phi) is 5.21. The normalized spacial score (nSPS) is 20.1. The number of carbonyl (C=O) groups excluding carboxylic acids is 3. The summed E-state index contributed by atoms with van der Waals surface area (Å²) in [6.07, 6.45) is 3.63. The molecule has 0 aromatic heterocycles. The van der Waals surface area contributed by atoms with Crippen LogP contribution in [0.1, 0.15) is 52.0 Å². The van der Waals surface area contributed by atoms with Gasteiger partial charge in [-0.3, -0.25) is 9.59 Å². The van der Waals surface area contributed by atoms with Crippen molar-refractivity contribution in [1.29, 1.82) is 0 Å². The molecule has 6 nitrogen and oxygen atoms in total. The van der Waals surface area contributed by atoms with E-state index in [-0.39, 0.29) is 11.8 Å². The molecule has 1 atom stereocenters. The minimum atomic E-state index is -0.872. The van der Waals surface area contributed by atoms with Crippen molar-refractivity contribution in [2.24, 2.45) is 0 Å². The van der Waals surface area contributed by atoms with Gasteiger partial charge in [-0.2, -0.15) is 0 Å². The molecule has 27 heavy (non-hydrogen) atoms. The number of rotatable bonds is 5. The van der Waals surface area contributed by atoms with Crippen LogP contribution in [-0.4, -0.2) is 39.9 Å². The van der Waals surface area contributed by atoms with E-state index >= 15 is 0 Å². The highest BCUT2D eigenvalue weighted by Gasteiger charge is 2.54. The lowest BCUT2D eigenvalue weighted by Crippen LogP contribution is -2.55. The minimum Gasteiger partial charge on any atom is -0.349 e. The highest BCUT2D eigenvalue weighted by molar-refractivity contribution is 6.31. The molecule has 1 saturated heterocycles. The van der Waals surface area contributed by atoms with Gasteiger partial charge < -0.3 is 10.6 Å². The molecule has 1 spiro atoms. The fourth-order valence-electron chi connectivity index (χ4n) is 4.03. The number of halogens is 1. The Morgan fingerprint density at radius 3 is 2.56 bits per heavy atom. The topological polar surface area (TPSA) is 78.5 Å². The maximum Gasteiger partial charge on any atom is 0.325 e. The van der Waals surface area contributed by atoms with Gasteiger partial charge in [0.2, 0.25) is 5.91 Å². The average Bonchev–Trinajstić information content (AvgIpc) is 3.14. The molecule has 146 valence electrons. The Hall–Kier alpha value is -2.08. The van der Waals surface area contributed by atoms with Crippen LogP contribution in [0.2, 0.25) is 5.02 Å². The second-order valence-electron chi connectivity index (χ2n) is 8.21. The standard InChI is InChI=1S/C20H26ClN3O3/c1-13(24-17(26)20(23-18(24)27)10-6-7-11-20)16(25)22-19(2,3)12-14-8-4-5-9-15(14)21/h4-5,8-9,13H,6-7,10-12H2,1-3H3,(H,22,25)(H,23,27). The van der Waals surface area contributed by atoms with Crippen LogP contribution in [0, 0.1) is 0 Å². The van der Waals surface area contributed by atoms with E-state index in [9.17, 15) is 14.4 Å². The number of carbonyl (C=O) groups is 3. The first-order chi connectivity index (χ1) is 12.7. The SMILES string of the molecule is CC(C(=O)NC(C)(C)Cc1ccccc1Cl)N1C(=O)NC2(CCCC2)C1=O. The Balaban J connectivity index is 1.69. The Morgan fingerprint density at radius 2 is 1.93 bits per heavy atom. The molecule has 2 fully saturated rings. The van der Waals surface area contributed by atoms with Crippen LogP contribution in [0.5, 0.6) is 0 Å². The Morgan fingerprint density at radius 1 is 1.30 bits per heavy atom. The monoisotopic (exact) mass is 391 g/mol. The first kappa shape index (κ1) is 19.7. The first-order valence-electron chi connectivity index (χ1n) is 9.36. The predicted octanol–water partition coefficient (Wildman–Crippen LogP) is 3.03. The molecule has 0 bridgehead atoms. The largest absolute Gasteiger partial charge is 0.349 e. The molecule has 1 aliphatic carbocycles. The van der Waals surface area contributed by atoms with Gasteiger partial charge in [0, 0.05) is 10.6 Å². The first-order valence-corrected chi connectivity index (χ1v) is 9.74. The highest BCUT2D eigenvalue weighted by Crippen LogP contribution is 2.35. The summed E-state index contributed by atoms with van der Waals surface area (Å²) in [7, 11) is 0. The van der Waals surface area contributed by atoms with Crippen molar-refractivity contribution in [2.75, 3.05) is 0 Å². The van der Waals surface area contributed by atoms with Gasteiger partial charge in [0.15, 0.2) is 0 Å². The van der Waals surface area contributed by atoms with Crippen LogP contribution in [0.3, 0.4) is 0 Å². The van der Waals surface area contributed by atoms with Gasteiger partial charge >= 0.3 is 6.03 Å². The fourth-order valence-corrected chi connectivity index (χ4v) is 4.23. The van der Waals surface area contributed by atoms with E-state index in [1.807, 2.05) is 38.1 Å². The number of amides is 4. The number of hydrogen-bond donors (Lipinski definition) is 2. The number of hydrogen-bond acceptors (Lipinski definition) is 3. The second-order valence-corrected chi connectivity index (χ2v) is 8.62. The molecule has 1 aromatic carbocycles. The van der Waals surface area contributed by atoms with E-state index in [0.29, 0.717) is 24.3 Å².